The molecule has 0 radical (unpaired) electrons. The SMILES string of the molecule is CC(C)c1n[nH]c2c1CCN(C(=O)N(C)C)C2. The van der Waals surface area contributed by atoms with Gasteiger partial charge in [0.15, 0.2) is 0 Å². The number of carbonyl (C=O) groups is 1. The molecule has 0 spiro atoms. The fraction of sp³-hybridized carbons (Fsp3) is 0.667. The monoisotopic (exact) mass is 236 g/mol. The van der Waals surface area contributed by atoms with Crippen LogP contribution in [0.4, 0.5) is 4.79 Å². The number of hydrogen-bond acceptors (Lipinski definition) is 2. The number of nitrogens with one attached hydrogen (secondary N) is 1. The summed E-state index contributed by atoms with van der Waals surface area (Å²) in [5, 5.41) is 7.43. The van der Waals surface area contributed by atoms with E-state index in [1.807, 2.05) is 4.90 Å². The van der Waals surface area contributed by atoms with Gasteiger partial charge in [0.2, 0.25) is 0 Å². The van der Waals surface area contributed by atoms with Crippen LogP contribution in [0.1, 0.15) is 36.7 Å². The van der Waals surface area contributed by atoms with Gasteiger partial charge < -0.3 is 9.80 Å². The van der Waals surface area contributed by atoms with Crippen LogP contribution >= 0.6 is 0 Å². The predicted octanol–water partition coefficient (Wildman–Crippen LogP) is 1.57. The smallest absolute Gasteiger partial charge is 0.319 e. The summed E-state index contributed by atoms with van der Waals surface area (Å²) < 4.78 is 0. The van der Waals surface area contributed by atoms with E-state index in [0.29, 0.717) is 12.5 Å². The summed E-state index contributed by atoms with van der Waals surface area (Å²) in [6.07, 6.45) is 0.902. The van der Waals surface area contributed by atoms with Gasteiger partial charge in [0, 0.05) is 26.2 Å². The number of aromatic nitrogens is 2. The number of urea groups is 1. The molecule has 0 unspecified atom stereocenters. The molecule has 0 saturated heterocycles. The lowest BCUT2D eigenvalue weighted by molar-refractivity contribution is 0.165. The Bertz CT molecular complexity index is 422. The summed E-state index contributed by atoms with van der Waals surface area (Å²) in [7, 11) is 3.56. The largest absolute Gasteiger partial charge is 0.331 e. The second-order valence-electron chi connectivity index (χ2n) is 5.07. The standard InChI is InChI=1S/C12H20N4O/c1-8(2)11-9-5-6-16(12(17)15(3)4)7-10(9)13-14-11/h8H,5-7H2,1-4H3,(H,13,14). The summed E-state index contributed by atoms with van der Waals surface area (Å²) in [6, 6.07) is 0.0661. The Morgan fingerprint density at radius 3 is 2.76 bits per heavy atom. The highest BCUT2D eigenvalue weighted by atomic mass is 16.2. The average molecular weight is 236 g/mol. The van der Waals surface area contributed by atoms with Crippen molar-refractivity contribution < 1.29 is 4.79 Å². The highest BCUT2D eigenvalue weighted by Gasteiger charge is 2.26. The minimum absolute atomic E-state index is 0.0661. The quantitative estimate of drug-likeness (QED) is 0.804. The number of H-pyrrole nitrogens is 1. The van der Waals surface area contributed by atoms with Crippen molar-refractivity contribution in [3.63, 3.8) is 0 Å². The Balaban J connectivity index is 2.18. The zero-order chi connectivity index (χ0) is 12.6. The van der Waals surface area contributed by atoms with Gasteiger partial charge in [0.05, 0.1) is 17.9 Å². The van der Waals surface area contributed by atoms with Crippen LogP contribution < -0.4 is 0 Å². The maximum Gasteiger partial charge on any atom is 0.319 e. The first-order chi connectivity index (χ1) is 8.00. The van der Waals surface area contributed by atoms with E-state index in [0.717, 1.165) is 24.4 Å². The van der Waals surface area contributed by atoms with Crippen molar-refractivity contribution >= 4 is 6.03 Å². The molecule has 0 aliphatic carbocycles. The molecule has 2 rings (SSSR count). The lowest BCUT2D eigenvalue weighted by Crippen LogP contribution is -2.42. The average Bonchev–Trinajstić information content (AvgIpc) is 2.70. The van der Waals surface area contributed by atoms with Gasteiger partial charge in [-0.3, -0.25) is 5.10 Å². The second-order valence-corrected chi connectivity index (χ2v) is 5.07. The summed E-state index contributed by atoms with van der Waals surface area (Å²) in [5.41, 5.74) is 3.55. The summed E-state index contributed by atoms with van der Waals surface area (Å²) in [6.45, 7) is 5.72. The molecule has 1 aliphatic rings. The summed E-state index contributed by atoms with van der Waals surface area (Å²) >= 11 is 0. The van der Waals surface area contributed by atoms with Gasteiger partial charge in [-0.2, -0.15) is 5.10 Å². The zero-order valence-corrected chi connectivity index (χ0v) is 10.9. The van der Waals surface area contributed by atoms with Gasteiger partial charge in [-0.05, 0) is 12.3 Å². The fourth-order valence-corrected chi connectivity index (χ4v) is 2.27. The number of amides is 2. The number of fused-ring (bicyclic) bond motifs is 1. The molecule has 0 aromatic carbocycles. The molecule has 5 nitrogen and oxygen atoms in total. The molecule has 17 heavy (non-hydrogen) atoms. The molecule has 0 saturated carbocycles. The Kier molecular flexibility index (Phi) is 3.09. The predicted molar refractivity (Wildman–Crippen MR) is 65.9 cm³/mol. The van der Waals surface area contributed by atoms with Crippen LogP contribution in [0, 0.1) is 0 Å². The van der Waals surface area contributed by atoms with Gasteiger partial charge in [0.25, 0.3) is 0 Å². The van der Waals surface area contributed by atoms with Crippen molar-refractivity contribution in [2.45, 2.75) is 32.7 Å². The van der Waals surface area contributed by atoms with Crippen molar-refractivity contribution in [3.05, 3.63) is 17.0 Å². The zero-order valence-electron chi connectivity index (χ0n) is 10.9. The molecule has 0 fully saturated rings. The molecule has 0 bridgehead atoms. The first kappa shape index (κ1) is 12.0. The van der Waals surface area contributed by atoms with Crippen LogP contribution in [-0.2, 0) is 13.0 Å². The Morgan fingerprint density at radius 2 is 2.18 bits per heavy atom. The Hall–Kier alpha value is -1.52. The van der Waals surface area contributed by atoms with Gasteiger partial charge in [-0.25, -0.2) is 4.79 Å². The minimum Gasteiger partial charge on any atom is -0.331 e. The normalized spacial score (nSPS) is 15.0. The molecule has 1 aromatic rings. The van der Waals surface area contributed by atoms with Crippen LogP contribution in [-0.4, -0.2) is 46.7 Å². The maximum atomic E-state index is 11.9. The van der Waals surface area contributed by atoms with Crippen molar-refractivity contribution in [2.24, 2.45) is 0 Å². The number of nitrogens with zero attached hydrogens (tertiary/aromatic N) is 3. The van der Waals surface area contributed by atoms with Gasteiger partial charge in [-0.15, -0.1) is 0 Å². The van der Waals surface area contributed by atoms with E-state index in [1.54, 1.807) is 19.0 Å². The van der Waals surface area contributed by atoms with Gasteiger partial charge in [-0.1, -0.05) is 13.8 Å². The molecular formula is C12H20N4O. The van der Waals surface area contributed by atoms with E-state index in [-0.39, 0.29) is 6.03 Å². The Morgan fingerprint density at radius 1 is 1.47 bits per heavy atom. The van der Waals surface area contributed by atoms with Crippen LogP contribution in [0.25, 0.3) is 0 Å². The van der Waals surface area contributed by atoms with E-state index in [4.69, 9.17) is 0 Å². The van der Waals surface area contributed by atoms with Crippen molar-refractivity contribution in [1.82, 2.24) is 20.0 Å². The molecule has 1 aromatic heterocycles. The molecular weight excluding hydrogens is 216 g/mol. The topological polar surface area (TPSA) is 52.2 Å². The van der Waals surface area contributed by atoms with Crippen LogP contribution in [0.3, 0.4) is 0 Å². The second kappa shape index (κ2) is 4.39. The van der Waals surface area contributed by atoms with Gasteiger partial charge >= 0.3 is 6.03 Å². The highest BCUT2D eigenvalue weighted by Crippen LogP contribution is 2.25. The van der Waals surface area contributed by atoms with E-state index >= 15 is 0 Å². The van der Waals surface area contributed by atoms with E-state index in [2.05, 4.69) is 24.0 Å². The number of carbonyl (C=O) groups excluding carboxylic acids is 1. The van der Waals surface area contributed by atoms with Crippen molar-refractivity contribution in [1.29, 1.82) is 0 Å². The summed E-state index contributed by atoms with van der Waals surface area (Å²) in [5.74, 6) is 0.436. The van der Waals surface area contributed by atoms with Crippen LogP contribution in [0.5, 0.6) is 0 Å². The minimum atomic E-state index is 0.0661. The highest BCUT2D eigenvalue weighted by molar-refractivity contribution is 5.74. The van der Waals surface area contributed by atoms with E-state index in [1.165, 1.54) is 5.56 Å². The molecule has 1 N–H and O–H groups in total. The number of hydrogen-bond donors (Lipinski definition) is 1. The number of rotatable bonds is 1. The maximum absolute atomic E-state index is 11.9. The number of aromatic amines is 1. The molecule has 0 atom stereocenters. The van der Waals surface area contributed by atoms with Crippen molar-refractivity contribution in [2.75, 3.05) is 20.6 Å². The third-order valence-electron chi connectivity index (χ3n) is 3.17. The van der Waals surface area contributed by atoms with E-state index in [9.17, 15) is 4.79 Å². The lowest BCUT2D eigenvalue weighted by atomic mass is 9.98. The first-order valence-electron chi connectivity index (χ1n) is 6.03. The summed E-state index contributed by atoms with van der Waals surface area (Å²) in [4.78, 5) is 15.3. The molecule has 1 aliphatic heterocycles. The van der Waals surface area contributed by atoms with Crippen LogP contribution in [0.2, 0.25) is 0 Å². The van der Waals surface area contributed by atoms with Gasteiger partial charge in [0.1, 0.15) is 0 Å². The molecule has 2 heterocycles. The fourth-order valence-electron chi connectivity index (χ4n) is 2.27. The Labute approximate surface area is 102 Å². The lowest BCUT2D eigenvalue weighted by Gasteiger charge is -2.29. The molecule has 94 valence electrons. The van der Waals surface area contributed by atoms with Crippen molar-refractivity contribution in [3.8, 4) is 0 Å². The first-order valence-corrected chi connectivity index (χ1v) is 6.03. The van der Waals surface area contributed by atoms with E-state index < -0.39 is 0 Å². The van der Waals surface area contributed by atoms with Crippen LogP contribution in [0.15, 0.2) is 0 Å². The molecule has 2 amide bonds. The third-order valence-corrected chi connectivity index (χ3v) is 3.17. The third kappa shape index (κ3) is 2.14. The molecule has 5 heteroatoms.